The summed E-state index contributed by atoms with van der Waals surface area (Å²) >= 11 is 0. The van der Waals surface area contributed by atoms with Crippen LogP contribution in [-0.4, -0.2) is 33.1 Å². The van der Waals surface area contributed by atoms with Crippen LogP contribution in [0.5, 0.6) is 11.5 Å². The Hall–Kier alpha value is -2.57. The Balaban J connectivity index is 2.61. The van der Waals surface area contributed by atoms with Crippen LogP contribution in [0.2, 0.25) is 0 Å². The van der Waals surface area contributed by atoms with Crippen molar-refractivity contribution in [2.24, 2.45) is 7.05 Å². The van der Waals surface area contributed by atoms with Gasteiger partial charge in [-0.2, -0.15) is 5.10 Å². The number of aromatic nitrogens is 2. The summed E-state index contributed by atoms with van der Waals surface area (Å²) in [7, 11) is 2.82. The van der Waals surface area contributed by atoms with Crippen molar-refractivity contribution in [3.8, 4) is 22.8 Å². The number of carboxylic acid groups (broad SMARTS) is 1. The lowest BCUT2D eigenvalue weighted by Crippen LogP contribution is -1.99. The van der Waals surface area contributed by atoms with E-state index in [1.807, 2.05) is 0 Å². The highest BCUT2D eigenvalue weighted by Crippen LogP contribution is 2.34. The topological polar surface area (TPSA) is 84.6 Å². The second-order valence-electron chi connectivity index (χ2n) is 3.85. The van der Waals surface area contributed by atoms with Gasteiger partial charge in [-0.3, -0.25) is 4.68 Å². The van der Waals surface area contributed by atoms with Gasteiger partial charge in [-0.25, -0.2) is 9.18 Å². The minimum absolute atomic E-state index is 0.0501. The van der Waals surface area contributed by atoms with Gasteiger partial charge in [0.1, 0.15) is 5.75 Å². The van der Waals surface area contributed by atoms with Gasteiger partial charge in [-0.1, -0.05) is 0 Å². The van der Waals surface area contributed by atoms with E-state index in [0.717, 1.165) is 6.07 Å². The van der Waals surface area contributed by atoms with Gasteiger partial charge in [0.05, 0.1) is 12.8 Å². The Morgan fingerprint density at radius 3 is 2.63 bits per heavy atom. The lowest BCUT2D eigenvalue weighted by atomic mass is 10.1. The minimum Gasteiger partial charge on any atom is -0.507 e. The third kappa shape index (κ3) is 2.22. The number of carbonyl (C=O) groups is 1. The number of hydrogen-bond acceptors (Lipinski definition) is 4. The molecule has 0 saturated heterocycles. The molecule has 1 aromatic carbocycles. The number of phenolic OH excluding ortho intramolecular Hbond substituents is 1. The highest BCUT2D eigenvalue weighted by atomic mass is 19.1. The van der Waals surface area contributed by atoms with Crippen molar-refractivity contribution in [2.75, 3.05) is 7.11 Å². The number of carboxylic acids is 1. The van der Waals surface area contributed by atoms with Crippen LogP contribution in [0.25, 0.3) is 11.3 Å². The van der Waals surface area contributed by atoms with Crippen LogP contribution in [0, 0.1) is 5.82 Å². The summed E-state index contributed by atoms with van der Waals surface area (Å²) < 4.78 is 19.5. The lowest BCUT2D eigenvalue weighted by molar-refractivity contribution is 0.0689. The Kier molecular flexibility index (Phi) is 3.12. The number of aromatic carboxylic acids is 1. The van der Waals surface area contributed by atoms with E-state index in [9.17, 15) is 14.3 Å². The molecule has 0 atom stereocenters. The lowest BCUT2D eigenvalue weighted by Gasteiger charge is -2.08. The monoisotopic (exact) mass is 266 g/mol. The maximum atomic E-state index is 13.4. The summed E-state index contributed by atoms with van der Waals surface area (Å²) in [4.78, 5) is 10.8. The molecule has 0 aliphatic carbocycles. The zero-order chi connectivity index (χ0) is 14.2. The molecule has 0 unspecified atom stereocenters. The number of phenols is 1. The van der Waals surface area contributed by atoms with Crippen LogP contribution >= 0.6 is 0 Å². The number of aryl methyl sites for hydroxylation is 1. The first-order chi connectivity index (χ1) is 8.93. The third-order valence-electron chi connectivity index (χ3n) is 2.65. The molecule has 0 aliphatic heterocycles. The molecule has 1 aromatic heterocycles. The van der Waals surface area contributed by atoms with Crippen LogP contribution in [0.1, 0.15) is 10.5 Å². The van der Waals surface area contributed by atoms with Gasteiger partial charge in [0.15, 0.2) is 17.3 Å². The summed E-state index contributed by atoms with van der Waals surface area (Å²) in [5, 5.41) is 22.4. The van der Waals surface area contributed by atoms with Crippen LogP contribution < -0.4 is 4.74 Å². The molecule has 2 aromatic rings. The average Bonchev–Trinajstić information content (AvgIpc) is 2.72. The van der Waals surface area contributed by atoms with Gasteiger partial charge in [-0.15, -0.1) is 0 Å². The highest BCUT2D eigenvalue weighted by Gasteiger charge is 2.17. The maximum Gasteiger partial charge on any atom is 0.356 e. The molecule has 0 radical (unpaired) electrons. The molecule has 2 N–H and O–H groups in total. The number of ether oxygens (including phenoxy) is 1. The molecule has 1 heterocycles. The summed E-state index contributed by atoms with van der Waals surface area (Å²) in [6.45, 7) is 0. The van der Waals surface area contributed by atoms with Crippen LogP contribution in [0.15, 0.2) is 18.2 Å². The molecule has 0 bridgehead atoms. The molecule has 0 amide bonds. The van der Waals surface area contributed by atoms with E-state index in [2.05, 4.69) is 5.10 Å². The predicted octanol–water partition coefficient (Wildman–Crippen LogP) is 1.64. The number of hydrogen-bond donors (Lipinski definition) is 2. The van der Waals surface area contributed by atoms with E-state index < -0.39 is 11.8 Å². The maximum absolute atomic E-state index is 13.4. The summed E-state index contributed by atoms with van der Waals surface area (Å²) in [6, 6.07) is 3.48. The van der Waals surface area contributed by atoms with Gasteiger partial charge in [0.25, 0.3) is 0 Å². The largest absolute Gasteiger partial charge is 0.507 e. The summed E-state index contributed by atoms with van der Waals surface area (Å²) in [5.74, 6) is -2.26. The van der Waals surface area contributed by atoms with Crippen molar-refractivity contribution in [3.05, 3.63) is 29.7 Å². The second kappa shape index (κ2) is 4.60. The third-order valence-corrected chi connectivity index (χ3v) is 2.65. The standard InChI is InChI=1S/C12H11FN2O4/c1-15-9(5-8(14-15)12(17)18)6-3-11(19-2)7(13)4-10(6)16/h3-5,16H,1-2H3,(H,17,18). The average molecular weight is 266 g/mol. The second-order valence-corrected chi connectivity index (χ2v) is 3.85. The van der Waals surface area contributed by atoms with Gasteiger partial charge >= 0.3 is 5.97 Å². The van der Waals surface area contributed by atoms with Crippen molar-refractivity contribution in [1.82, 2.24) is 9.78 Å². The number of methoxy groups -OCH3 is 1. The number of rotatable bonds is 3. The van der Waals surface area contributed by atoms with Crippen molar-refractivity contribution in [1.29, 1.82) is 0 Å². The zero-order valence-electron chi connectivity index (χ0n) is 10.2. The van der Waals surface area contributed by atoms with Crippen molar-refractivity contribution in [3.63, 3.8) is 0 Å². The fourth-order valence-electron chi connectivity index (χ4n) is 1.73. The van der Waals surface area contributed by atoms with Crippen molar-refractivity contribution in [2.45, 2.75) is 0 Å². The van der Waals surface area contributed by atoms with Crippen LogP contribution in [0.4, 0.5) is 4.39 Å². The van der Waals surface area contributed by atoms with E-state index >= 15 is 0 Å². The van der Waals surface area contributed by atoms with Crippen LogP contribution in [-0.2, 0) is 7.05 Å². The summed E-state index contributed by atoms with van der Waals surface area (Å²) in [5.41, 5.74) is 0.411. The van der Waals surface area contributed by atoms with Gasteiger partial charge in [0.2, 0.25) is 0 Å². The Morgan fingerprint density at radius 1 is 1.42 bits per heavy atom. The van der Waals surface area contributed by atoms with E-state index in [0.29, 0.717) is 5.69 Å². The minimum atomic E-state index is -1.18. The fraction of sp³-hybridized carbons (Fsp3) is 0.167. The molecule has 6 nitrogen and oxygen atoms in total. The van der Waals surface area contributed by atoms with E-state index in [1.54, 1.807) is 0 Å². The van der Waals surface area contributed by atoms with Crippen molar-refractivity contribution >= 4 is 5.97 Å². The smallest absolute Gasteiger partial charge is 0.356 e. The molecular weight excluding hydrogens is 255 g/mol. The number of aromatic hydroxyl groups is 1. The quantitative estimate of drug-likeness (QED) is 0.882. The van der Waals surface area contributed by atoms with Gasteiger partial charge in [0, 0.05) is 18.7 Å². The predicted molar refractivity (Wildman–Crippen MR) is 63.8 cm³/mol. The van der Waals surface area contributed by atoms with E-state index in [4.69, 9.17) is 9.84 Å². The molecule has 19 heavy (non-hydrogen) atoms. The Morgan fingerprint density at radius 2 is 2.11 bits per heavy atom. The molecule has 0 spiro atoms. The first-order valence-electron chi connectivity index (χ1n) is 5.28. The molecule has 100 valence electrons. The fourth-order valence-corrected chi connectivity index (χ4v) is 1.73. The van der Waals surface area contributed by atoms with Gasteiger partial charge < -0.3 is 14.9 Å². The molecule has 0 saturated carbocycles. The van der Waals surface area contributed by atoms with Gasteiger partial charge in [-0.05, 0) is 12.1 Å². The first-order valence-corrected chi connectivity index (χ1v) is 5.28. The SMILES string of the molecule is COc1cc(-c2cc(C(=O)O)nn2C)c(O)cc1F. The molecular formula is C12H11FN2O4. The zero-order valence-corrected chi connectivity index (χ0v) is 10.2. The molecule has 2 rings (SSSR count). The van der Waals surface area contributed by atoms with E-state index in [1.165, 1.54) is 31.0 Å². The molecule has 7 heteroatoms. The van der Waals surface area contributed by atoms with E-state index in [-0.39, 0.29) is 22.8 Å². The molecule has 0 aliphatic rings. The highest BCUT2D eigenvalue weighted by molar-refractivity contribution is 5.87. The first kappa shape index (κ1) is 12.9. The number of halogens is 1. The number of benzene rings is 1. The Labute approximate surface area is 107 Å². The number of nitrogens with zero attached hydrogens (tertiary/aromatic N) is 2. The molecule has 0 fully saturated rings. The van der Waals surface area contributed by atoms with Crippen molar-refractivity contribution < 1.29 is 24.1 Å². The van der Waals surface area contributed by atoms with Crippen LogP contribution in [0.3, 0.4) is 0 Å². The summed E-state index contributed by atoms with van der Waals surface area (Å²) in [6.07, 6.45) is 0. The normalized spacial score (nSPS) is 10.5. The Bertz CT molecular complexity index is 651.